The number of rotatable bonds is 14. The molecule has 0 N–H and O–H groups in total. The van der Waals surface area contributed by atoms with Crippen molar-refractivity contribution in [1.82, 2.24) is 0 Å². The second-order valence-electron chi connectivity index (χ2n) is 8.44. The van der Waals surface area contributed by atoms with E-state index in [0.29, 0.717) is 11.8 Å². The summed E-state index contributed by atoms with van der Waals surface area (Å²) in [5.41, 5.74) is 0. The molecule has 0 aliphatic carbocycles. The van der Waals surface area contributed by atoms with Crippen molar-refractivity contribution >= 4 is 42.8 Å². The average Bonchev–Trinajstić information content (AvgIpc) is 3.44. The third-order valence-corrected chi connectivity index (χ3v) is 8.07. The summed E-state index contributed by atoms with van der Waals surface area (Å²) in [7, 11) is 0. The second-order valence-corrected chi connectivity index (χ2v) is 10.3. The van der Waals surface area contributed by atoms with Gasteiger partial charge in [0.2, 0.25) is 0 Å². The van der Waals surface area contributed by atoms with E-state index in [1.807, 2.05) is 0 Å². The Morgan fingerprint density at radius 2 is 1.13 bits per heavy atom. The lowest BCUT2D eigenvalue weighted by Crippen LogP contribution is -2.12. The van der Waals surface area contributed by atoms with Gasteiger partial charge in [-0.25, -0.2) is 0 Å². The first-order valence-corrected chi connectivity index (χ1v) is 13.6. The maximum atomic E-state index is 6.52. The van der Waals surface area contributed by atoms with E-state index in [9.17, 15) is 0 Å². The Morgan fingerprint density at radius 1 is 0.700 bits per heavy atom. The van der Waals surface area contributed by atoms with Gasteiger partial charge < -0.3 is 9.47 Å². The SMILES string of the molecule is CCCC[C@@H](CC)COc1c2ccsc2c(OC[C@@H](CC)CCCC)c2ccsc12. The van der Waals surface area contributed by atoms with Crippen LogP contribution in [-0.2, 0) is 0 Å². The summed E-state index contributed by atoms with van der Waals surface area (Å²) < 4.78 is 15.5. The number of hydrogen-bond donors (Lipinski definition) is 0. The molecule has 166 valence electrons. The lowest BCUT2D eigenvalue weighted by atomic mass is 10.0. The number of thiophene rings is 2. The zero-order valence-electron chi connectivity index (χ0n) is 19.2. The van der Waals surface area contributed by atoms with Gasteiger partial charge in [0.25, 0.3) is 0 Å². The van der Waals surface area contributed by atoms with Crippen LogP contribution in [0.15, 0.2) is 22.9 Å². The number of hydrogen-bond acceptors (Lipinski definition) is 4. The van der Waals surface area contributed by atoms with Crippen LogP contribution < -0.4 is 9.47 Å². The van der Waals surface area contributed by atoms with Gasteiger partial charge in [-0.15, -0.1) is 22.7 Å². The van der Waals surface area contributed by atoms with Crippen molar-refractivity contribution in [2.75, 3.05) is 13.2 Å². The molecule has 2 aromatic heterocycles. The first kappa shape index (κ1) is 23.4. The van der Waals surface area contributed by atoms with Gasteiger partial charge in [0.05, 0.1) is 22.6 Å². The van der Waals surface area contributed by atoms with Gasteiger partial charge in [-0.3, -0.25) is 0 Å². The number of fused-ring (bicyclic) bond motifs is 2. The molecule has 2 heterocycles. The minimum Gasteiger partial charge on any atom is -0.491 e. The standard InChI is InChI=1S/C26H38O2S2/c1-5-9-11-19(7-3)17-27-23-21-13-15-30-26(21)24(22-14-16-29-25(22)23)28-18-20(8-4)12-10-6-2/h13-16,19-20H,5-12,17-18H2,1-4H3/t19-,20+. The highest BCUT2D eigenvalue weighted by atomic mass is 32.1. The van der Waals surface area contributed by atoms with Crippen LogP contribution in [0.1, 0.15) is 79.1 Å². The Kier molecular flexibility index (Phi) is 9.32. The van der Waals surface area contributed by atoms with Gasteiger partial charge in [0.15, 0.2) is 0 Å². The number of ether oxygens (including phenoxy) is 2. The minimum atomic E-state index is 0.633. The van der Waals surface area contributed by atoms with Crippen LogP contribution in [-0.4, -0.2) is 13.2 Å². The lowest BCUT2D eigenvalue weighted by Gasteiger charge is -2.19. The zero-order valence-corrected chi connectivity index (χ0v) is 20.8. The van der Waals surface area contributed by atoms with Crippen LogP contribution in [0.25, 0.3) is 20.2 Å². The third kappa shape index (κ3) is 5.50. The molecule has 2 atom stereocenters. The molecule has 0 saturated carbocycles. The second kappa shape index (κ2) is 12.0. The van der Waals surface area contributed by atoms with Crippen molar-refractivity contribution in [3.63, 3.8) is 0 Å². The van der Waals surface area contributed by atoms with E-state index in [-0.39, 0.29) is 0 Å². The maximum absolute atomic E-state index is 6.52. The van der Waals surface area contributed by atoms with E-state index in [0.717, 1.165) is 24.7 Å². The van der Waals surface area contributed by atoms with Crippen molar-refractivity contribution < 1.29 is 9.47 Å². The van der Waals surface area contributed by atoms with Gasteiger partial charge in [-0.1, -0.05) is 66.2 Å². The molecule has 0 saturated heterocycles. The average molecular weight is 447 g/mol. The van der Waals surface area contributed by atoms with Gasteiger partial charge in [0, 0.05) is 10.8 Å². The maximum Gasteiger partial charge on any atom is 0.146 e. The Balaban J connectivity index is 1.85. The molecular formula is C26H38O2S2. The van der Waals surface area contributed by atoms with Crippen molar-refractivity contribution in [2.45, 2.75) is 79.1 Å². The van der Waals surface area contributed by atoms with Crippen LogP contribution in [0.4, 0.5) is 0 Å². The summed E-state index contributed by atoms with van der Waals surface area (Å²) in [4.78, 5) is 0. The van der Waals surface area contributed by atoms with Gasteiger partial charge >= 0.3 is 0 Å². The van der Waals surface area contributed by atoms with Gasteiger partial charge in [-0.2, -0.15) is 0 Å². The topological polar surface area (TPSA) is 18.5 Å². The van der Waals surface area contributed by atoms with Crippen molar-refractivity contribution in [3.8, 4) is 11.5 Å². The largest absolute Gasteiger partial charge is 0.491 e. The fourth-order valence-electron chi connectivity index (χ4n) is 4.06. The molecule has 0 amide bonds. The summed E-state index contributed by atoms with van der Waals surface area (Å²) >= 11 is 3.55. The highest BCUT2D eigenvalue weighted by Crippen LogP contribution is 2.47. The molecule has 0 radical (unpaired) electrons. The van der Waals surface area contributed by atoms with Crippen LogP contribution in [0, 0.1) is 11.8 Å². The molecule has 0 aliphatic heterocycles. The van der Waals surface area contributed by atoms with E-state index in [1.165, 1.54) is 71.5 Å². The normalized spacial score (nSPS) is 13.7. The number of unbranched alkanes of at least 4 members (excludes halogenated alkanes) is 2. The highest BCUT2D eigenvalue weighted by molar-refractivity contribution is 7.19. The summed E-state index contributed by atoms with van der Waals surface area (Å²) in [6.07, 6.45) is 9.94. The summed E-state index contributed by atoms with van der Waals surface area (Å²) in [5, 5.41) is 6.79. The van der Waals surface area contributed by atoms with Crippen LogP contribution in [0.3, 0.4) is 0 Å². The van der Waals surface area contributed by atoms with Crippen molar-refractivity contribution in [2.24, 2.45) is 11.8 Å². The van der Waals surface area contributed by atoms with E-state index in [4.69, 9.17) is 9.47 Å². The Labute approximate surface area is 190 Å². The van der Waals surface area contributed by atoms with Crippen molar-refractivity contribution in [3.05, 3.63) is 22.9 Å². The fourth-order valence-corrected chi connectivity index (χ4v) is 5.87. The summed E-state index contributed by atoms with van der Waals surface area (Å²) in [6, 6.07) is 4.42. The van der Waals surface area contributed by atoms with Gasteiger partial charge in [-0.05, 0) is 47.6 Å². The summed E-state index contributed by atoms with van der Waals surface area (Å²) in [5.74, 6) is 3.40. The number of benzene rings is 1. The van der Waals surface area contributed by atoms with Crippen LogP contribution in [0.5, 0.6) is 11.5 Å². The zero-order chi connectivity index (χ0) is 21.3. The van der Waals surface area contributed by atoms with E-state index < -0.39 is 0 Å². The quantitative estimate of drug-likeness (QED) is 0.245. The van der Waals surface area contributed by atoms with E-state index in [2.05, 4.69) is 50.6 Å². The predicted octanol–water partition coefficient (Wildman–Crippen LogP) is 9.31. The van der Waals surface area contributed by atoms with E-state index in [1.54, 1.807) is 22.7 Å². The molecule has 0 unspecified atom stereocenters. The fraction of sp³-hybridized carbons (Fsp3) is 0.615. The smallest absolute Gasteiger partial charge is 0.146 e. The Hall–Kier alpha value is -1.26. The molecule has 0 bridgehead atoms. The van der Waals surface area contributed by atoms with Gasteiger partial charge in [0.1, 0.15) is 11.5 Å². The third-order valence-electron chi connectivity index (χ3n) is 6.25. The molecule has 0 spiro atoms. The minimum absolute atomic E-state index is 0.633. The van der Waals surface area contributed by atoms with Crippen molar-refractivity contribution in [1.29, 1.82) is 0 Å². The Morgan fingerprint density at radius 3 is 1.50 bits per heavy atom. The van der Waals surface area contributed by atoms with Crippen LogP contribution in [0.2, 0.25) is 0 Å². The molecule has 4 heteroatoms. The molecule has 0 fully saturated rings. The molecule has 2 nitrogen and oxygen atoms in total. The molecule has 0 aliphatic rings. The highest BCUT2D eigenvalue weighted by Gasteiger charge is 2.20. The monoisotopic (exact) mass is 446 g/mol. The molecular weight excluding hydrogens is 408 g/mol. The predicted molar refractivity (Wildman–Crippen MR) is 135 cm³/mol. The van der Waals surface area contributed by atoms with E-state index >= 15 is 0 Å². The molecule has 30 heavy (non-hydrogen) atoms. The lowest BCUT2D eigenvalue weighted by molar-refractivity contribution is 0.235. The summed E-state index contributed by atoms with van der Waals surface area (Å²) in [6.45, 7) is 10.7. The first-order chi connectivity index (χ1) is 14.7. The molecule has 1 aromatic carbocycles. The molecule has 3 aromatic rings. The first-order valence-electron chi connectivity index (χ1n) is 11.9. The van der Waals surface area contributed by atoms with Crippen LogP contribution >= 0.6 is 22.7 Å². The Bertz CT molecular complexity index is 774. The molecule has 3 rings (SSSR count).